The zero-order valence-corrected chi connectivity index (χ0v) is 23.7. The van der Waals surface area contributed by atoms with Gasteiger partial charge in [0.05, 0.1) is 11.1 Å². The lowest BCUT2D eigenvalue weighted by molar-refractivity contribution is -0.137. The number of rotatable bonds is 9. The van der Waals surface area contributed by atoms with E-state index in [9.17, 15) is 4.79 Å². The van der Waals surface area contributed by atoms with E-state index in [0.717, 1.165) is 24.2 Å². The first-order valence-electron chi connectivity index (χ1n) is 14.5. The van der Waals surface area contributed by atoms with E-state index in [1.165, 1.54) is 71.9 Å². The molecule has 5 rings (SSSR count). The van der Waals surface area contributed by atoms with Crippen molar-refractivity contribution in [3.8, 4) is 11.3 Å². The van der Waals surface area contributed by atoms with Crippen LogP contribution in [-0.2, 0) is 10.2 Å². The van der Waals surface area contributed by atoms with E-state index in [-0.39, 0.29) is 0 Å². The largest absolute Gasteiger partial charge is 0.354 e. The highest BCUT2D eigenvalue weighted by Crippen LogP contribution is 2.42. The third kappa shape index (κ3) is 4.85. The van der Waals surface area contributed by atoms with Gasteiger partial charge in [-0.25, -0.2) is 0 Å². The van der Waals surface area contributed by atoms with E-state index in [0.29, 0.717) is 23.9 Å². The van der Waals surface area contributed by atoms with Crippen molar-refractivity contribution in [1.29, 1.82) is 0 Å². The van der Waals surface area contributed by atoms with Gasteiger partial charge in [0.2, 0.25) is 5.91 Å². The number of aryl methyl sites for hydroxylation is 2. The SMILES string of the molecule is CCCCNCC(C)c1c(-c2cc(C)cc(C)c2)[nH]c2ccc(C(C)(C)C(=O)N3C4CCC3CC4)cc12. The maximum Gasteiger partial charge on any atom is 0.233 e. The molecule has 3 heterocycles. The number of carbonyl (C=O) groups is 1. The van der Waals surface area contributed by atoms with Crippen molar-refractivity contribution < 1.29 is 4.79 Å². The second kappa shape index (κ2) is 10.3. The molecule has 3 aromatic rings. The quantitative estimate of drug-likeness (QED) is 0.302. The number of nitrogens with one attached hydrogen (secondary N) is 2. The molecule has 2 fully saturated rings. The van der Waals surface area contributed by atoms with E-state index in [1.807, 2.05) is 0 Å². The molecule has 37 heavy (non-hydrogen) atoms. The Balaban J connectivity index is 1.56. The smallest absolute Gasteiger partial charge is 0.233 e. The second-order valence-electron chi connectivity index (χ2n) is 12.3. The number of aromatic amines is 1. The predicted octanol–water partition coefficient (Wildman–Crippen LogP) is 7.38. The maximum absolute atomic E-state index is 13.9. The Morgan fingerprint density at radius 3 is 2.32 bits per heavy atom. The van der Waals surface area contributed by atoms with Gasteiger partial charge in [0.1, 0.15) is 0 Å². The summed E-state index contributed by atoms with van der Waals surface area (Å²) in [5.74, 6) is 0.641. The molecule has 198 valence electrons. The summed E-state index contributed by atoms with van der Waals surface area (Å²) in [6.45, 7) is 15.2. The summed E-state index contributed by atoms with van der Waals surface area (Å²) in [6.07, 6.45) is 7.10. The number of aromatic nitrogens is 1. The van der Waals surface area contributed by atoms with Crippen LogP contribution in [0.2, 0.25) is 0 Å². The topological polar surface area (TPSA) is 48.1 Å². The van der Waals surface area contributed by atoms with Gasteiger partial charge in [-0.2, -0.15) is 0 Å². The van der Waals surface area contributed by atoms with Crippen LogP contribution in [0.25, 0.3) is 22.2 Å². The van der Waals surface area contributed by atoms with Crippen molar-refractivity contribution in [2.24, 2.45) is 0 Å². The molecule has 4 heteroatoms. The van der Waals surface area contributed by atoms with E-state index in [1.54, 1.807) is 0 Å². The van der Waals surface area contributed by atoms with Gasteiger partial charge >= 0.3 is 0 Å². The lowest BCUT2D eigenvalue weighted by atomic mass is 9.81. The summed E-state index contributed by atoms with van der Waals surface area (Å²) in [7, 11) is 0. The van der Waals surface area contributed by atoms with Crippen LogP contribution < -0.4 is 5.32 Å². The van der Waals surface area contributed by atoms with Crippen LogP contribution in [-0.4, -0.2) is 41.0 Å². The Morgan fingerprint density at radius 1 is 1.05 bits per heavy atom. The fourth-order valence-electron chi connectivity index (χ4n) is 6.87. The Kier molecular flexibility index (Phi) is 7.24. The molecule has 2 bridgehead atoms. The number of hydrogen-bond donors (Lipinski definition) is 2. The first kappa shape index (κ1) is 26.0. The monoisotopic (exact) mass is 499 g/mol. The van der Waals surface area contributed by atoms with Crippen molar-refractivity contribution in [3.63, 3.8) is 0 Å². The summed E-state index contributed by atoms with van der Waals surface area (Å²) in [4.78, 5) is 19.9. The molecule has 1 amide bonds. The van der Waals surface area contributed by atoms with E-state index in [2.05, 4.69) is 93.1 Å². The molecule has 0 radical (unpaired) electrons. The molecule has 2 N–H and O–H groups in total. The van der Waals surface area contributed by atoms with Gasteiger partial charge in [0.25, 0.3) is 0 Å². The van der Waals surface area contributed by atoms with Crippen molar-refractivity contribution >= 4 is 16.8 Å². The lowest BCUT2D eigenvalue weighted by Gasteiger charge is -2.33. The normalized spacial score (nSPS) is 20.2. The summed E-state index contributed by atoms with van der Waals surface area (Å²) in [6, 6.07) is 14.4. The fourth-order valence-corrected chi connectivity index (χ4v) is 6.87. The molecule has 1 atom stereocenters. The number of unbranched alkanes of at least 4 members (excludes halogenated alkanes) is 1. The Morgan fingerprint density at radius 2 is 1.70 bits per heavy atom. The van der Waals surface area contributed by atoms with Crippen LogP contribution in [0.4, 0.5) is 0 Å². The highest BCUT2D eigenvalue weighted by molar-refractivity contribution is 5.95. The van der Waals surface area contributed by atoms with Crippen LogP contribution in [0.15, 0.2) is 36.4 Å². The van der Waals surface area contributed by atoms with Crippen LogP contribution in [0.5, 0.6) is 0 Å². The highest BCUT2D eigenvalue weighted by Gasteiger charge is 2.47. The van der Waals surface area contributed by atoms with Crippen LogP contribution in [0.1, 0.15) is 94.4 Å². The number of benzene rings is 2. The van der Waals surface area contributed by atoms with Gasteiger partial charge in [-0.3, -0.25) is 4.79 Å². The minimum absolute atomic E-state index is 0.303. The van der Waals surface area contributed by atoms with Gasteiger partial charge in [-0.15, -0.1) is 0 Å². The van der Waals surface area contributed by atoms with Crippen molar-refractivity contribution in [2.45, 2.75) is 103 Å². The van der Waals surface area contributed by atoms with E-state index >= 15 is 0 Å². The van der Waals surface area contributed by atoms with Crippen LogP contribution in [0, 0.1) is 13.8 Å². The lowest BCUT2D eigenvalue weighted by Crippen LogP contribution is -2.45. The highest BCUT2D eigenvalue weighted by atomic mass is 16.2. The number of amides is 1. The molecule has 0 saturated carbocycles. The van der Waals surface area contributed by atoms with Gasteiger partial charge < -0.3 is 15.2 Å². The molecule has 2 saturated heterocycles. The number of nitrogens with zero attached hydrogens (tertiary/aromatic N) is 1. The van der Waals surface area contributed by atoms with Gasteiger partial charge in [0.15, 0.2) is 0 Å². The summed E-state index contributed by atoms with van der Waals surface area (Å²) in [5, 5.41) is 4.93. The molecule has 2 aliphatic heterocycles. The van der Waals surface area contributed by atoms with Crippen molar-refractivity contribution in [2.75, 3.05) is 13.1 Å². The summed E-state index contributed by atoms with van der Waals surface area (Å²) in [5.41, 5.74) is 8.10. The molecular formula is C33H45N3O. The predicted molar refractivity (Wildman–Crippen MR) is 155 cm³/mol. The molecule has 1 aromatic heterocycles. The Hall–Kier alpha value is -2.59. The number of H-pyrrole nitrogens is 1. The number of fused-ring (bicyclic) bond motifs is 3. The average Bonchev–Trinajstić information content (AvgIpc) is 3.57. The minimum Gasteiger partial charge on any atom is -0.354 e. The maximum atomic E-state index is 13.9. The van der Waals surface area contributed by atoms with Crippen LogP contribution >= 0.6 is 0 Å². The Labute approximate surface area is 223 Å². The van der Waals surface area contributed by atoms with Gasteiger partial charge in [-0.1, -0.05) is 43.5 Å². The zero-order valence-electron chi connectivity index (χ0n) is 23.7. The molecule has 2 aliphatic rings. The van der Waals surface area contributed by atoms with Crippen LogP contribution in [0.3, 0.4) is 0 Å². The van der Waals surface area contributed by atoms with Gasteiger partial charge in [0, 0.05) is 29.5 Å². The summed E-state index contributed by atoms with van der Waals surface area (Å²) >= 11 is 0. The molecular weight excluding hydrogens is 454 g/mol. The fraction of sp³-hybridized carbons (Fsp3) is 0.545. The van der Waals surface area contributed by atoms with Gasteiger partial charge in [-0.05, 0) is 113 Å². The molecule has 2 aromatic carbocycles. The van der Waals surface area contributed by atoms with E-state index < -0.39 is 5.41 Å². The third-order valence-corrected chi connectivity index (χ3v) is 8.94. The summed E-state index contributed by atoms with van der Waals surface area (Å²) < 4.78 is 0. The zero-order chi connectivity index (χ0) is 26.3. The number of hydrogen-bond acceptors (Lipinski definition) is 2. The van der Waals surface area contributed by atoms with E-state index in [4.69, 9.17) is 0 Å². The van der Waals surface area contributed by atoms with Crippen molar-refractivity contribution in [3.05, 3.63) is 58.7 Å². The standard InChI is InChI=1S/C33H45N3O/c1-7-8-15-34-20-23(4)30-28-19-25(33(5,6)32(37)36-26-10-11-27(36)13-12-26)9-14-29(28)35-31(30)24-17-21(2)16-22(3)18-24/h9,14,16-19,23,26-27,34-35H,7-8,10-13,15,20H2,1-6H3. The van der Waals surface area contributed by atoms with Crippen molar-refractivity contribution in [1.82, 2.24) is 15.2 Å². The third-order valence-electron chi connectivity index (χ3n) is 8.94. The number of carbonyl (C=O) groups excluding carboxylic acids is 1. The Bertz CT molecular complexity index is 1250. The molecule has 0 aliphatic carbocycles. The minimum atomic E-state index is -0.545. The molecule has 1 unspecified atom stereocenters. The average molecular weight is 500 g/mol. The first-order chi connectivity index (χ1) is 17.7. The second-order valence-corrected chi connectivity index (χ2v) is 12.3. The first-order valence-corrected chi connectivity index (χ1v) is 14.5. The molecule has 0 spiro atoms. The molecule has 4 nitrogen and oxygen atoms in total.